The van der Waals surface area contributed by atoms with Crippen LogP contribution in [-0.2, 0) is 4.79 Å². The average molecular weight is 364 g/mol. The van der Waals surface area contributed by atoms with Gasteiger partial charge >= 0.3 is 0 Å². The Morgan fingerprint density at radius 3 is 2.85 bits per heavy atom. The highest BCUT2D eigenvalue weighted by molar-refractivity contribution is 7.19. The van der Waals surface area contributed by atoms with Gasteiger partial charge in [-0.1, -0.05) is 23.5 Å². The third-order valence-electron chi connectivity index (χ3n) is 4.80. The van der Waals surface area contributed by atoms with E-state index >= 15 is 0 Å². The van der Waals surface area contributed by atoms with Gasteiger partial charge in [-0.25, -0.2) is 4.98 Å². The summed E-state index contributed by atoms with van der Waals surface area (Å²) in [6.45, 7) is 3.24. The van der Waals surface area contributed by atoms with E-state index in [1.165, 1.54) is 11.3 Å². The number of nitrogens with zero attached hydrogens (tertiary/aromatic N) is 6. The monoisotopic (exact) mass is 364 g/mol. The molecule has 0 unspecified atom stereocenters. The van der Waals surface area contributed by atoms with E-state index < -0.39 is 0 Å². The van der Waals surface area contributed by atoms with Crippen LogP contribution >= 0.6 is 11.3 Å². The lowest BCUT2D eigenvalue weighted by Crippen LogP contribution is -2.64. The average Bonchev–Trinajstić information content (AvgIpc) is 3.18. The molecule has 1 amide bonds. The van der Waals surface area contributed by atoms with Crippen molar-refractivity contribution in [1.82, 2.24) is 14.8 Å². The van der Waals surface area contributed by atoms with Crippen LogP contribution in [0, 0.1) is 22.8 Å². The number of hydrogen-bond donors (Lipinski definition) is 0. The second kappa shape index (κ2) is 6.75. The summed E-state index contributed by atoms with van der Waals surface area (Å²) in [7, 11) is 0. The molecular formula is C18H16N6OS. The molecule has 2 aliphatic heterocycles. The molecule has 0 saturated carbocycles. The van der Waals surface area contributed by atoms with Gasteiger partial charge in [0.2, 0.25) is 5.91 Å². The number of thiazole rings is 1. The lowest BCUT2D eigenvalue weighted by Gasteiger charge is -2.44. The standard InChI is InChI=1S/C18H16N6OS/c19-9-13-2-1-3-14(8-13)16-10-21-18(26-16)24-7-6-23-5-4-22(12-20)11-15(23)17(24)25/h1-3,8,10,15H,4-7,11H2/t15-/m0/s1. The zero-order chi connectivity index (χ0) is 18.1. The smallest absolute Gasteiger partial charge is 0.248 e. The van der Waals surface area contributed by atoms with E-state index in [1.54, 1.807) is 22.1 Å². The number of hydrogen-bond acceptors (Lipinski definition) is 7. The molecule has 0 spiro atoms. The highest BCUT2D eigenvalue weighted by Gasteiger charge is 2.39. The molecule has 3 heterocycles. The molecule has 26 heavy (non-hydrogen) atoms. The van der Waals surface area contributed by atoms with Gasteiger partial charge in [-0.3, -0.25) is 14.6 Å². The number of carbonyl (C=O) groups is 1. The molecule has 1 atom stereocenters. The summed E-state index contributed by atoms with van der Waals surface area (Å²) >= 11 is 1.45. The third-order valence-corrected chi connectivity index (χ3v) is 5.86. The predicted molar refractivity (Wildman–Crippen MR) is 97.2 cm³/mol. The highest BCUT2D eigenvalue weighted by atomic mass is 32.1. The molecule has 0 aliphatic carbocycles. The number of anilines is 1. The molecule has 130 valence electrons. The number of aromatic nitrogens is 1. The maximum atomic E-state index is 12.9. The maximum Gasteiger partial charge on any atom is 0.248 e. The van der Waals surface area contributed by atoms with Gasteiger partial charge in [0.15, 0.2) is 11.3 Å². The summed E-state index contributed by atoms with van der Waals surface area (Å²) in [6, 6.07) is 9.21. The SMILES string of the molecule is N#Cc1cccc(-c2cnc(N3CCN4CCN(C#N)C[C@H]4C3=O)s2)c1. The van der Waals surface area contributed by atoms with E-state index in [2.05, 4.69) is 22.1 Å². The Morgan fingerprint density at radius 1 is 1.19 bits per heavy atom. The summed E-state index contributed by atoms with van der Waals surface area (Å²) in [4.78, 5) is 23.8. The highest BCUT2D eigenvalue weighted by Crippen LogP contribution is 2.33. The Bertz CT molecular complexity index is 926. The van der Waals surface area contributed by atoms with Crippen molar-refractivity contribution in [3.63, 3.8) is 0 Å². The van der Waals surface area contributed by atoms with Crippen LogP contribution in [-0.4, -0.2) is 59.5 Å². The Labute approximate surface area is 155 Å². The van der Waals surface area contributed by atoms with E-state index in [-0.39, 0.29) is 11.9 Å². The normalized spacial score (nSPS) is 20.4. The van der Waals surface area contributed by atoms with Gasteiger partial charge in [-0.05, 0) is 17.7 Å². The quantitative estimate of drug-likeness (QED) is 0.751. The molecule has 7 nitrogen and oxygen atoms in total. The van der Waals surface area contributed by atoms with E-state index in [9.17, 15) is 4.79 Å². The number of nitriles is 2. The fourth-order valence-corrected chi connectivity index (χ4v) is 4.33. The molecular weight excluding hydrogens is 348 g/mol. The largest absolute Gasteiger partial charge is 0.307 e. The van der Waals surface area contributed by atoms with E-state index in [0.29, 0.717) is 30.3 Å². The Morgan fingerprint density at radius 2 is 2.04 bits per heavy atom. The number of piperazine rings is 2. The van der Waals surface area contributed by atoms with Crippen LogP contribution in [0.15, 0.2) is 30.5 Å². The molecule has 2 saturated heterocycles. The van der Waals surface area contributed by atoms with Crippen LogP contribution in [0.2, 0.25) is 0 Å². The first-order valence-corrected chi connectivity index (χ1v) is 9.18. The summed E-state index contributed by atoms with van der Waals surface area (Å²) in [6.07, 6.45) is 3.89. The number of benzene rings is 1. The van der Waals surface area contributed by atoms with Crippen LogP contribution in [0.4, 0.5) is 5.13 Å². The zero-order valence-electron chi connectivity index (χ0n) is 14.0. The van der Waals surface area contributed by atoms with E-state index in [0.717, 1.165) is 23.5 Å². The molecule has 1 aromatic heterocycles. The van der Waals surface area contributed by atoms with Crippen LogP contribution in [0.1, 0.15) is 5.56 Å². The van der Waals surface area contributed by atoms with Gasteiger partial charge in [0.05, 0.1) is 23.1 Å². The van der Waals surface area contributed by atoms with Crippen molar-refractivity contribution in [2.45, 2.75) is 6.04 Å². The molecule has 1 aromatic carbocycles. The lowest BCUT2D eigenvalue weighted by atomic mass is 10.1. The van der Waals surface area contributed by atoms with Gasteiger partial charge in [-0.2, -0.15) is 10.5 Å². The summed E-state index contributed by atoms with van der Waals surface area (Å²) in [5, 5.41) is 18.8. The van der Waals surface area contributed by atoms with Gasteiger partial charge < -0.3 is 4.90 Å². The number of carbonyl (C=O) groups excluding carboxylic acids is 1. The fraction of sp³-hybridized carbons (Fsp3) is 0.333. The molecule has 2 fully saturated rings. The molecule has 8 heteroatoms. The van der Waals surface area contributed by atoms with Crippen molar-refractivity contribution >= 4 is 22.4 Å². The minimum absolute atomic E-state index is 0.00266. The maximum absolute atomic E-state index is 12.9. The van der Waals surface area contributed by atoms with Crippen molar-refractivity contribution in [2.24, 2.45) is 0 Å². The third kappa shape index (κ3) is 2.90. The Kier molecular flexibility index (Phi) is 4.29. The van der Waals surface area contributed by atoms with E-state index in [1.807, 2.05) is 18.2 Å². The Balaban J connectivity index is 1.57. The van der Waals surface area contributed by atoms with Gasteiger partial charge in [0.1, 0.15) is 6.04 Å². The number of rotatable bonds is 2. The van der Waals surface area contributed by atoms with Gasteiger partial charge in [0, 0.05) is 32.4 Å². The first-order valence-electron chi connectivity index (χ1n) is 8.36. The van der Waals surface area contributed by atoms with Gasteiger partial charge in [-0.15, -0.1) is 0 Å². The van der Waals surface area contributed by atoms with Crippen LogP contribution < -0.4 is 4.90 Å². The van der Waals surface area contributed by atoms with Crippen LogP contribution in [0.3, 0.4) is 0 Å². The molecule has 0 radical (unpaired) electrons. The summed E-state index contributed by atoms with van der Waals surface area (Å²) in [5.74, 6) is 0.00266. The van der Waals surface area contributed by atoms with Crippen LogP contribution in [0.25, 0.3) is 10.4 Å². The van der Waals surface area contributed by atoms with Crippen molar-refractivity contribution in [1.29, 1.82) is 10.5 Å². The van der Waals surface area contributed by atoms with Crippen molar-refractivity contribution in [3.8, 4) is 22.7 Å². The summed E-state index contributed by atoms with van der Waals surface area (Å²) < 4.78 is 0. The molecule has 4 rings (SSSR count). The van der Waals surface area contributed by atoms with Gasteiger partial charge in [0.25, 0.3) is 0 Å². The summed E-state index contributed by atoms with van der Waals surface area (Å²) in [5.41, 5.74) is 1.52. The molecule has 2 aromatic rings. The second-order valence-corrected chi connectivity index (χ2v) is 7.30. The first-order chi connectivity index (χ1) is 12.7. The second-order valence-electron chi connectivity index (χ2n) is 6.29. The fourth-order valence-electron chi connectivity index (χ4n) is 3.39. The van der Waals surface area contributed by atoms with Crippen molar-refractivity contribution < 1.29 is 4.79 Å². The topological polar surface area (TPSA) is 87.3 Å². The first kappa shape index (κ1) is 16.5. The van der Waals surface area contributed by atoms with Crippen LogP contribution in [0.5, 0.6) is 0 Å². The molecule has 2 aliphatic rings. The molecule has 0 bridgehead atoms. The zero-order valence-corrected chi connectivity index (χ0v) is 14.8. The van der Waals surface area contributed by atoms with Crippen molar-refractivity contribution in [3.05, 3.63) is 36.0 Å². The molecule has 0 N–H and O–H groups in total. The number of amides is 1. The minimum atomic E-state index is -0.286. The van der Waals surface area contributed by atoms with E-state index in [4.69, 9.17) is 10.5 Å². The Hall–Kier alpha value is -2.94. The predicted octanol–water partition coefficient (Wildman–Crippen LogP) is 1.50. The minimum Gasteiger partial charge on any atom is -0.307 e. The lowest BCUT2D eigenvalue weighted by molar-refractivity contribution is -0.127. The number of fused-ring (bicyclic) bond motifs is 1. The van der Waals surface area contributed by atoms with Crippen molar-refractivity contribution in [2.75, 3.05) is 37.6 Å².